The first-order valence-corrected chi connectivity index (χ1v) is 7.71. The van der Waals surface area contributed by atoms with Crippen molar-refractivity contribution in [2.75, 3.05) is 11.9 Å². The number of benzene rings is 2. The van der Waals surface area contributed by atoms with Gasteiger partial charge in [0.2, 0.25) is 0 Å². The van der Waals surface area contributed by atoms with Crippen molar-refractivity contribution in [1.29, 1.82) is 0 Å². The Bertz CT molecular complexity index is 809. The van der Waals surface area contributed by atoms with Crippen molar-refractivity contribution >= 4 is 33.5 Å². The monoisotopic (exact) mass is 435 g/mol. The summed E-state index contributed by atoms with van der Waals surface area (Å²) in [4.78, 5) is 23.4. The normalized spacial score (nSPS) is 11.0. The van der Waals surface area contributed by atoms with Gasteiger partial charge in [0.05, 0.1) is 11.3 Å². The van der Waals surface area contributed by atoms with Crippen LogP contribution in [0.25, 0.3) is 0 Å². The van der Waals surface area contributed by atoms with Gasteiger partial charge in [0, 0.05) is 4.47 Å². The van der Waals surface area contributed by atoms with Crippen LogP contribution < -0.4 is 10.1 Å². The Balaban J connectivity index is 1.88. The maximum Gasteiger partial charge on any atom is 0.573 e. The van der Waals surface area contributed by atoms with Crippen LogP contribution in [0, 0.1) is 5.82 Å². The Hall–Kier alpha value is -2.62. The van der Waals surface area contributed by atoms with Crippen LogP contribution in [-0.4, -0.2) is 24.8 Å². The molecule has 0 bridgehead atoms. The Kier molecular flexibility index (Phi) is 6.19. The quantitative estimate of drug-likeness (QED) is 0.562. The largest absolute Gasteiger partial charge is 0.573 e. The molecule has 1 amide bonds. The molecule has 2 aromatic rings. The fraction of sp³-hybridized carbons (Fsp3) is 0.125. The number of halogens is 5. The summed E-state index contributed by atoms with van der Waals surface area (Å²) in [5, 5.41) is 2.22. The van der Waals surface area contributed by atoms with Gasteiger partial charge in [0.25, 0.3) is 5.91 Å². The molecule has 0 atom stereocenters. The fourth-order valence-corrected chi connectivity index (χ4v) is 2.12. The van der Waals surface area contributed by atoms with E-state index >= 15 is 0 Å². The summed E-state index contributed by atoms with van der Waals surface area (Å²) in [6.45, 7) is -0.699. The number of rotatable bonds is 5. The van der Waals surface area contributed by atoms with Crippen LogP contribution in [0.2, 0.25) is 0 Å². The average molecular weight is 436 g/mol. The van der Waals surface area contributed by atoms with Crippen LogP contribution in [0.4, 0.5) is 23.2 Å². The molecule has 0 spiro atoms. The van der Waals surface area contributed by atoms with E-state index in [2.05, 4.69) is 26.0 Å². The summed E-state index contributed by atoms with van der Waals surface area (Å²) in [5.41, 5.74) is -0.176. The predicted molar refractivity (Wildman–Crippen MR) is 86.1 cm³/mol. The first kappa shape index (κ1) is 19.7. The summed E-state index contributed by atoms with van der Waals surface area (Å²) >= 11 is 3.07. The van der Waals surface area contributed by atoms with E-state index in [1.807, 2.05) is 0 Å². The van der Waals surface area contributed by atoms with Gasteiger partial charge >= 0.3 is 12.3 Å². The summed E-state index contributed by atoms with van der Waals surface area (Å²) in [7, 11) is 0. The summed E-state index contributed by atoms with van der Waals surface area (Å²) in [6.07, 6.45) is -4.84. The van der Waals surface area contributed by atoms with Crippen LogP contribution in [0.5, 0.6) is 5.75 Å². The minimum atomic E-state index is -4.84. The number of esters is 1. The van der Waals surface area contributed by atoms with Crippen LogP contribution in [0.3, 0.4) is 0 Å². The van der Waals surface area contributed by atoms with Gasteiger partial charge in [-0.25, -0.2) is 9.18 Å². The molecule has 0 aliphatic heterocycles. The summed E-state index contributed by atoms with van der Waals surface area (Å²) in [5.74, 6) is -2.90. The lowest BCUT2D eigenvalue weighted by molar-refractivity contribution is -0.274. The van der Waals surface area contributed by atoms with Crippen molar-refractivity contribution in [3.63, 3.8) is 0 Å². The standard InChI is InChI=1S/C16H10BrF4NO4/c17-10-3-6-13(12(18)7-10)22-14(23)8-25-15(24)9-1-4-11(5-2-9)26-16(19,20)21/h1-7H,8H2,(H,22,23). The Morgan fingerprint density at radius 3 is 2.31 bits per heavy atom. The smallest absolute Gasteiger partial charge is 0.452 e. The topological polar surface area (TPSA) is 64.6 Å². The Labute approximate surface area is 153 Å². The number of alkyl halides is 3. The van der Waals surface area contributed by atoms with Crippen LogP contribution >= 0.6 is 15.9 Å². The van der Waals surface area contributed by atoms with Gasteiger partial charge in [-0.3, -0.25) is 4.79 Å². The lowest BCUT2D eigenvalue weighted by atomic mass is 10.2. The third kappa shape index (κ3) is 6.03. The summed E-state index contributed by atoms with van der Waals surface area (Å²) in [6, 6.07) is 7.94. The Morgan fingerprint density at radius 2 is 1.73 bits per heavy atom. The number of carbonyl (C=O) groups excluding carboxylic acids is 2. The van der Waals surface area contributed by atoms with Crippen molar-refractivity contribution in [2.24, 2.45) is 0 Å². The molecule has 0 saturated heterocycles. The minimum absolute atomic E-state index is 0.0813. The van der Waals surface area contributed by atoms with Crippen molar-refractivity contribution in [2.45, 2.75) is 6.36 Å². The van der Waals surface area contributed by atoms with Gasteiger partial charge in [-0.2, -0.15) is 0 Å². The Morgan fingerprint density at radius 1 is 1.08 bits per heavy atom. The zero-order valence-electron chi connectivity index (χ0n) is 12.8. The number of amides is 1. The van der Waals surface area contributed by atoms with E-state index < -0.39 is 36.4 Å². The number of hydrogen-bond acceptors (Lipinski definition) is 4. The van der Waals surface area contributed by atoms with Gasteiger partial charge in [0.1, 0.15) is 11.6 Å². The van der Waals surface area contributed by atoms with E-state index in [-0.39, 0.29) is 11.3 Å². The molecule has 0 heterocycles. The average Bonchev–Trinajstić information content (AvgIpc) is 2.54. The van der Waals surface area contributed by atoms with E-state index in [9.17, 15) is 27.2 Å². The molecule has 0 aliphatic carbocycles. The molecule has 138 valence electrons. The second kappa shape index (κ2) is 8.17. The van der Waals surface area contributed by atoms with E-state index in [1.165, 1.54) is 12.1 Å². The molecule has 0 unspecified atom stereocenters. The highest BCUT2D eigenvalue weighted by atomic mass is 79.9. The molecule has 26 heavy (non-hydrogen) atoms. The molecular weight excluding hydrogens is 426 g/mol. The van der Waals surface area contributed by atoms with Crippen molar-refractivity contribution < 1.29 is 36.6 Å². The molecule has 10 heteroatoms. The van der Waals surface area contributed by atoms with Gasteiger partial charge in [-0.15, -0.1) is 13.2 Å². The maximum absolute atomic E-state index is 13.6. The molecular formula is C16H10BrF4NO4. The molecule has 0 fully saturated rings. The number of hydrogen-bond donors (Lipinski definition) is 1. The maximum atomic E-state index is 13.6. The van der Waals surface area contributed by atoms with Crippen molar-refractivity contribution in [3.05, 3.63) is 58.3 Å². The first-order chi connectivity index (χ1) is 12.1. The predicted octanol–water partition coefficient (Wildman–Crippen LogP) is 4.28. The van der Waals surface area contributed by atoms with Crippen molar-refractivity contribution in [1.82, 2.24) is 0 Å². The highest BCUT2D eigenvalue weighted by Crippen LogP contribution is 2.23. The van der Waals surface area contributed by atoms with E-state index in [0.717, 1.165) is 30.3 Å². The highest BCUT2D eigenvalue weighted by Gasteiger charge is 2.31. The third-order valence-electron chi connectivity index (χ3n) is 2.86. The van der Waals surface area contributed by atoms with E-state index in [0.29, 0.717) is 4.47 Å². The number of ether oxygens (including phenoxy) is 2. The zero-order valence-corrected chi connectivity index (χ0v) is 14.4. The minimum Gasteiger partial charge on any atom is -0.452 e. The lowest BCUT2D eigenvalue weighted by Crippen LogP contribution is -2.21. The van der Waals surface area contributed by atoms with Gasteiger partial charge in [-0.05, 0) is 42.5 Å². The zero-order chi connectivity index (χ0) is 19.3. The summed E-state index contributed by atoms with van der Waals surface area (Å²) < 4.78 is 58.6. The molecule has 0 saturated carbocycles. The SMILES string of the molecule is O=C(COC(=O)c1ccc(OC(F)(F)F)cc1)Nc1ccc(Br)cc1F. The molecule has 0 radical (unpaired) electrons. The molecule has 2 rings (SSSR count). The molecule has 0 aliphatic rings. The van der Waals surface area contributed by atoms with Crippen LogP contribution in [0.1, 0.15) is 10.4 Å². The molecule has 1 N–H and O–H groups in total. The van der Waals surface area contributed by atoms with Crippen LogP contribution in [-0.2, 0) is 9.53 Å². The van der Waals surface area contributed by atoms with Crippen LogP contribution in [0.15, 0.2) is 46.9 Å². The molecule has 2 aromatic carbocycles. The van der Waals surface area contributed by atoms with E-state index in [4.69, 9.17) is 4.74 Å². The van der Waals surface area contributed by atoms with Gasteiger partial charge in [0.15, 0.2) is 6.61 Å². The second-order valence-electron chi connectivity index (χ2n) is 4.82. The van der Waals surface area contributed by atoms with Gasteiger partial charge < -0.3 is 14.8 Å². The lowest BCUT2D eigenvalue weighted by Gasteiger charge is -2.10. The second-order valence-corrected chi connectivity index (χ2v) is 5.74. The number of carbonyl (C=O) groups is 2. The van der Waals surface area contributed by atoms with Gasteiger partial charge in [-0.1, -0.05) is 15.9 Å². The first-order valence-electron chi connectivity index (χ1n) is 6.92. The fourth-order valence-electron chi connectivity index (χ4n) is 1.78. The molecule has 5 nitrogen and oxygen atoms in total. The highest BCUT2D eigenvalue weighted by molar-refractivity contribution is 9.10. The number of anilines is 1. The number of nitrogens with one attached hydrogen (secondary N) is 1. The third-order valence-corrected chi connectivity index (χ3v) is 3.36. The molecule has 0 aromatic heterocycles. The van der Waals surface area contributed by atoms with E-state index in [1.54, 1.807) is 0 Å². The van der Waals surface area contributed by atoms with Crippen molar-refractivity contribution in [3.8, 4) is 5.75 Å².